The number of benzene rings is 2. The van der Waals surface area contributed by atoms with Crippen LogP contribution in [0.2, 0.25) is 0 Å². The number of amides is 1. The Labute approximate surface area is 178 Å². The van der Waals surface area contributed by atoms with Crippen molar-refractivity contribution >= 4 is 17.3 Å². The van der Waals surface area contributed by atoms with Crippen LogP contribution in [0.15, 0.2) is 40.9 Å². The average molecular weight is 424 g/mol. The van der Waals surface area contributed by atoms with E-state index >= 15 is 0 Å². The van der Waals surface area contributed by atoms with Gasteiger partial charge in [0.25, 0.3) is 5.91 Å². The van der Waals surface area contributed by atoms with Crippen LogP contribution in [0.1, 0.15) is 30.2 Å². The molecule has 3 aromatic rings. The van der Waals surface area contributed by atoms with Gasteiger partial charge in [-0.05, 0) is 43.7 Å². The fraction of sp³-hybridized carbons (Fsp3) is 0.318. The van der Waals surface area contributed by atoms with Crippen LogP contribution in [0.4, 0.5) is 15.8 Å². The maximum atomic E-state index is 13.8. The summed E-state index contributed by atoms with van der Waals surface area (Å²) >= 11 is 0. The Hall–Kier alpha value is -3.62. The number of halogens is 1. The van der Waals surface area contributed by atoms with Crippen LogP contribution in [0.3, 0.4) is 0 Å². The lowest BCUT2D eigenvalue weighted by atomic mass is 9.99. The van der Waals surface area contributed by atoms with Gasteiger partial charge in [0.1, 0.15) is 23.9 Å². The Morgan fingerprint density at radius 3 is 2.90 bits per heavy atom. The van der Waals surface area contributed by atoms with Gasteiger partial charge in [-0.25, -0.2) is 4.39 Å². The molecule has 0 bridgehead atoms. The Morgan fingerprint density at radius 2 is 2.10 bits per heavy atom. The summed E-state index contributed by atoms with van der Waals surface area (Å²) in [4.78, 5) is 18.2. The highest BCUT2D eigenvalue weighted by Crippen LogP contribution is 2.41. The Kier molecular flexibility index (Phi) is 4.72. The highest BCUT2D eigenvalue weighted by molar-refractivity contribution is 5.95. The van der Waals surface area contributed by atoms with Crippen LogP contribution in [0.25, 0.3) is 0 Å². The molecule has 5 rings (SSSR count). The summed E-state index contributed by atoms with van der Waals surface area (Å²) < 4.78 is 30.5. The SMILES string of the molecule is Cc1noc(C[C@H]2COc3cc(F)ccc3N2[C@H](C)c2ccc3c(c2)NC(=O)CO3)n1. The molecule has 2 atom stereocenters. The Bertz CT molecular complexity index is 1150. The molecule has 1 N–H and O–H groups in total. The van der Waals surface area contributed by atoms with Crippen molar-refractivity contribution in [3.05, 3.63) is 59.5 Å². The first-order valence-corrected chi connectivity index (χ1v) is 10.0. The van der Waals surface area contributed by atoms with Crippen molar-refractivity contribution in [2.75, 3.05) is 23.4 Å². The first kappa shape index (κ1) is 19.3. The minimum atomic E-state index is -0.356. The lowest BCUT2D eigenvalue weighted by molar-refractivity contribution is -0.118. The number of hydrogen-bond acceptors (Lipinski definition) is 7. The maximum absolute atomic E-state index is 13.8. The zero-order valence-corrected chi connectivity index (χ0v) is 17.1. The second kappa shape index (κ2) is 7.57. The highest BCUT2D eigenvalue weighted by Gasteiger charge is 2.34. The van der Waals surface area contributed by atoms with E-state index in [1.807, 2.05) is 18.2 Å². The Balaban J connectivity index is 1.52. The van der Waals surface area contributed by atoms with Crippen molar-refractivity contribution in [3.63, 3.8) is 0 Å². The van der Waals surface area contributed by atoms with E-state index in [2.05, 4.69) is 27.3 Å². The van der Waals surface area contributed by atoms with E-state index in [1.54, 1.807) is 13.0 Å². The normalized spacial score (nSPS) is 18.4. The van der Waals surface area contributed by atoms with E-state index in [1.165, 1.54) is 12.1 Å². The molecule has 2 aliphatic rings. The second-order valence-corrected chi connectivity index (χ2v) is 7.69. The molecule has 8 nitrogen and oxygen atoms in total. The highest BCUT2D eigenvalue weighted by atomic mass is 19.1. The molecular formula is C22H21FN4O4. The van der Waals surface area contributed by atoms with Crippen molar-refractivity contribution in [2.24, 2.45) is 0 Å². The number of carbonyl (C=O) groups excluding carboxylic acids is 1. The fourth-order valence-corrected chi connectivity index (χ4v) is 4.11. The van der Waals surface area contributed by atoms with Gasteiger partial charge in [-0.2, -0.15) is 4.98 Å². The third kappa shape index (κ3) is 3.67. The Morgan fingerprint density at radius 1 is 1.23 bits per heavy atom. The average Bonchev–Trinajstić information content (AvgIpc) is 3.17. The number of ether oxygens (including phenoxy) is 2. The molecule has 0 radical (unpaired) electrons. The summed E-state index contributed by atoms with van der Waals surface area (Å²) in [6.45, 7) is 4.17. The zero-order chi connectivity index (χ0) is 21.5. The first-order chi connectivity index (χ1) is 15.0. The monoisotopic (exact) mass is 424 g/mol. The number of nitrogens with zero attached hydrogens (tertiary/aromatic N) is 3. The van der Waals surface area contributed by atoms with Crippen LogP contribution in [0.5, 0.6) is 11.5 Å². The molecule has 160 valence electrons. The number of carbonyl (C=O) groups is 1. The van der Waals surface area contributed by atoms with Crippen LogP contribution >= 0.6 is 0 Å². The molecule has 2 aromatic carbocycles. The summed E-state index contributed by atoms with van der Waals surface area (Å²) in [5.74, 6) is 1.66. The van der Waals surface area contributed by atoms with Gasteiger partial charge in [-0.3, -0.25) is 4.79 Å². The van der Waals surface area contributed by atoms with E-state index < -0.39 is 0 Å². The molecule has 0 spiro atoms. The number of nitrogens with one attached hydrogen (secondary N) is 1. The minimum Gasteiger partial charge on any atom is -0.489 e. The molecule has 0 aliphatic carbocycles. The fourth-order valence-electron chi connectivity index (χ4n) is 4.11. The van der Waals surface area contributed by atoms with Gasteiger partial charge in [-0.1, -0.05) is 11.2 Å². The van der Waals surface area contributed by atoms with Gasteiger partial charge in [0.05, 0.1) is 29.9 Å². The van der Waals surface area contributed by atoms with Crippen LogP contribution in [-0.4, -0.2) is 35.3 Å². The molecular weight excluding hydrogens is 403 g/mol. The number of fused-ring (bicyclic) bond motifs is 2. The molecule has 2 aliphatic heterocycles. The third-order valence-corrected chi connectivity index (χ3v) is 5.54. The smallest absolute Gasteiger partial charge is 0.262 e. The van der Waals surface area contributed by atoms with E-state index in [9.17, 15) is 9.18 Å². The lowest BCUT2D eigenvalue weighted by Crippen LogP contribution is -2.46. The molecule has 9 heteroatoms. The molecule has 0 saturated carbocycles. The molecule has 1 amide bonds. The third-order valence-electron chi connectivity index (χ3n) is 5.54. The van der Waals surface area contributed by atoms with Crippen molar-refractivity contribution in [1.29, 1.82) is 0 Å². The number of aromatic nitrogens is 2. The van der Waals surface area contributed by atoms with E-state index in [0.717, 1.165) is 11.3 Å². The molecule has 31 heavy (non-hydrogen) atoms. The first-order valence-electron chi connectivity index (χ1n) is 10.0. The molecule has 0 saturated heterocycles. The zero-order valence-electron chi connectivity index (χ0n) is 17.1. The van der Waals surface area contributed by atoms with Gasteiger partial charge >= 0.3 is 0 Å². The van der Waals surface area contributed by atoms with E-state index in [0.29, 0.717) is 41.9 Å². The van der Waals surface area contributed by atoms with Gasteiger partial charge in [0.2, 0.25) is 5.89 Å². The van der Waals surface area contributed by atoms with Crippen molar-refractivity contribution in [2.45, 2.75) is 32.4 Å². The number of rotatable bonds is 4. The summed E-state index contributed by atoms with van der Waals surface area (Å²) in [5, 5.41) is 6.72. The van der Waals surface area contributed by atoms with Crippen molar-refractivity contribution in [3.8, 4) is 11.5 Å². The second-order valence-electron chi connectivity index (χ2n) is 7.69. The van der Waals surface area contributed by atoms with Crippen molar-refractivity contribution < 1.29 is 23.2 Å². The van der Waals surface area contributed by atoms with Crippen LogP contribution in [-0.2, 0) is 11.2 Å². The van der Waals surface area contributed by atoms with Gasteiger partial charge < -0.3 is 24.2 Å². The maximum Gasteiger partial charge on any atom is 0.262 e. The molecule has 0 fully saturated rings. The largest absolute Gasteiger partial charge is 0.489 e. The minimum absolute atomic E-state index is 0.00990. The van der Waals surface area contributed by atoms with Crippen LogP contribution in [0, 0.1) is 12.7 Å². The summed E-state index contributed by atoms with van der Waals surface area (Å²) in [7, 11) is 0. The van der Waals surface area contributed by atoms with Crippen LogP contribution < -0.4 is 19.7 Å². The van der Waals surface area contributed by atoms with Gasteiger partial charge in [0, 0.05) is 6.07 Å². The standard InChI is InChI=1S/C22H21FN4O4/c1-12(14-3-6-19-17(7-14)25-21(28)11-30-19)27-16(9-22-24-13(2)26-31-22)10-29-20-8-15(23)4-5-18(20)27/h3-8,12,16H,9-11H2,1-2H3,(H,25,28)/t12-,16+/m1/s1. The number of anilines is 2. The van der Waals surface area contributed by atoms with Gasteiger partial charge in [-0.15, -0.1) is 0 Å². The molecule has 0 unspecified atom stereocenters. The predicted molar refractivity (Wildman–Crippen MR) is 110 cm³/mol. The summed E-state index contributed by atoms with van der Waals surface area (Å²) in [6, 6.07) is 10.0. The quantitative estimate of drug-likeness (QED) is 0.686. The summed E-state index contributed by atoms with van der Waals surface area (Å²) in [5.41, 5.74) is 2.38. The summed E-state index contributed by atoms with van der Waals surface area (Å²) in [6.07, 6.45) is 0.479. The molecule has 3 heterocycles. The van der Waals surface area contributed by atoms with Crippen molar-refractivity contribution in [1.82, 2.24) is 10.1 Å². The number of hydrogen-bond donors (Lipinski definition) is 1. The number of aryl methyl sites for hydroxylation is 1. The lowest BCUT2D eigenvalue weighted by Gasteiger charge is -2.42. The topological polar surface area (TPSA) is 89.7 Å². The van der Waals surface area contributed by atoms with Gasteiger partial charge in [0.15, 0.2) is 12.4 Å². The van der Waals surface area contributed by atoms with E-state index in [-0.39, 0.29) is 30.4 Å². The van der Waals surface area contributed by atoms with E-state index in [4.69, 9.17) is 14.0 Å². The molecule has 1 aromatic heterocycles. The predicted octanol–water partition coefficient (Wildman–Crippen LogP) is 3.42.